The number of aliphatic hydroxyl groups excluding tert-OH is 1. The van der Waals surface area contributed by atoms with Gasteiger partial charge in [0.2, 0.25) is 0 Å². The molecule has 0 amide bonds. The Morgan fingerprint density at radius 3 is 2.43 bits per heavy atom. The molecule has 1 aliphatic rings. The highest BCUT2D eigenvalue weighted by atomic mass is 28.4. The average Bonchev–Trinajstić information content (AvgIpc) is 2.57. The number of carbonyl (C=O) groups excluding carboxylic acids is 1. The van der Waals surface area contributed by atoms with Crippen molar-refractivity contribution < 1.29 is 23.8 Å². The van der Waals surface area contributed by atoms with Crippen molar-refractivity contribution in [1.29, 1.82) is 0 Å². The third-order valence-electron chi connectivity index (χ3n) is 5.99. The molecule has 6 heteroatoms. The van der Waals surface area contributed by atoms with Crippen LogP contribution in [0.1, 0.15) is 54.7 Å². The number of hydrogen-bond donors (Lipinski definition) is 1. The van der Waals surface area contributed by atoms with E-state index < -0.39 is 14.4 Å². The van der Waals surface area contributed by atoms with Crippen molar-refractivity contribution >= 4 is 14.3 Å². The predicted molar refractivity (Wildman–Crippen MR) is 114 cm³/mol. The Labute approximate surface area is 169 Å². The molecule has 1 aromatic rings. The zero-order chi connectivity index (χ0) is 21.4. The first kappa shape index (κ1) is 22.5. The highest BCUT2D eigenvalue weighted by Crippen LogP contribution is 2.46. The van der Waals surface area contributed by atoms with Crippen LogP contribution in [0.25, 0.3) is 0 Å². The zero-order valence-corrected chi connectivity index (χ0v) is 19.5. The molecule has 28 heavy (non-hydrogen) atoms. The fraction of sp³-hybridized carbons (Fsp3) is 0.591. The van der Waals surface area contributed by atoms with Gasteiger partial charge in [-0.05, 0) is 43.1 Å². The molecule has 0 aliphatic carbocycles. The van der Waals surface area contributed by atoms with E-state index in [0.717, 1.165) is 11.1 Å². The maximum absolute atomic E-state index is 12.8. The monoisotopic (exact) mass is 406 g/mol. The molecule has 0 spiro atoms. The predicted octanol–water partition coefficient (Wildman–Crippen LogP) is 4.58. The first-order chi connectivity index (χ1) is 12.8. The smallest absolute Gasteiger partial charge is 0.342 e. The van der Waals surface area contributed by atoms with E-state index in [1.165, 1.54) is 0 Å². The molecule has 0 fully saturated rings. The van der Waals surface area contributed by atoms with E-state index in [1.807, 2.05) is 6.92 Å². The molecule has 1 unspecified atom stereocenters. The van der Waals surface area contributed by atoms with Crippen molar-refractivity contribution in [2.45, 2.75) is 71.7 Å². The molecule has 0 aromatic heterocycles. The number of aliphatic hydroxyl groups is 1. The van der Waals surface area contributed by atoms with Crippen LogP contribution in [0, 0.1) is 6.92 Å². The van der Waals surface area contributed by atoms with Gasteiger partial charge in [-0.15, -0.1) is 0 Å². The van der Waals surface area contributed by atoms with Crippen LogP contribution >= 0.6 is 0 Å². The van der Waals surface area contributed by atoms with Crippen LogP contribution in [0.4, 0.5) is 0 Å². The van der Waals surface area contributed by atoms with Crippen molar-refractivity contribution in [3.8, 4) is 11.5 Å². The summed E-state index contributed by atoms with van der Waals surface area (Å²) < 4.78 is 17.8. The van der Waals surface area contributed by atoms with Crippen molar-refractivity contribution in [1.82, 2.24) is 0 Å². The molecule has 2 rings (SSSR count). The molecule has 1 aromatic carbocycles. The van der Waals surface area contributed by atoms with E-state index in [2.05, 4.69) is 40.4 Å². The van der Waals surface area contributed by atoms with Gasteiger partial charge in [0, 0.05) is 18.4 Å². The molecule has 0 radical (unpaired) electrons. The van der Waals surface area contributed by atoms with E-state index in [9.17, 15) is 9.90 Å². The third-order valence-corrected chi connectivity index (χ3v) is 10.3. The number of hydrogen-bond acceptors (Lipinski definition) is 5. The maximum Gasteiger partial charge on any atom is 0.342 e. The minimum Gasteiger partial charge on any atom is -0.543 e. The molecule has 1 atom stereocenters. The van der Waals surface area contributed by atoms with Gasteiger partial charge in [-0.1, -0.05) is 32.9 Å². The number of cyclic esters (lactones) is 1. The normalized spacial score (nSPS) is 15.5. The molecule has 156 valence electrons. The Balaban J connectivity index is 2.80. The Hall–Kier alpha value is -1.79. The maximum atomic E-state index is 12.8. The van der Waals surface area contributed by atoms with Gasteiger partial charge in [0.25, 0.3) is 8.32 Å². The van der Waals surface area contributed by atoms with Crippen molar-refractivity contribution in [2.24, 2.45) is 0 Å². The standard InChI is InChI=1S/C22H34O5Si/c1-13(2)17(23)12-16-19(25-7)14(3)15-10-11-26-21(24)18(15)20(16)27-28(8,9)22(4,5)6/h17,23H,1,10-12H2,2-9H3. The Kier molecular flexibility index (Phi) is 6.36. The second-order valence-corrected chi connectivity index (χ2v) is 13.9. The second-order valence-electron chi connectivity index (χ2n) is 9.13. The van der Waals surface area contributed by atoms with E-state index in [0.29, 0.717) is 41.2 Å². The summed E-state index contributed by atoms with van der Waals surface area (Å²) in [6, 6.07) is 0. The largest absolute Gasteiger partial charge is 0.543 e. The van der Waals surface area contributed by atoms with Gasteiger partial charge in [0.1, 0.15) is 17.1 Å². The molecular weight excluding hydrogens is 372 g/mol. The lowest BCUT2D eigenvalue weighted by Crippen LogP contribution is -2.44. The molecule has 1 heterocycles. The summed E-state index contributed by atoms with van der Waals surface area (Å²) >= 11 is 0. The van der Waals surface area contributed by atoms with E-state index >= 15 is 0 Å². The van der Waals surface area contributed by atoms with Crippen LogP contribution in [0.3, 0.4) is 0 Å². The van der Waals surface area contributed by atoms with Crippen LogP contribution in [0.5, 0.6) is 11.5 Å². The number of benzene rings is 1. The fourth-order valence-corrected chi connectivity index (χ4v) is 4.18. The lowest BCUT2D eigenvalue weighted by atomic mass is 9.89. The summed E-state index contributed by atoms with van der Waals surface area (Å²) in [5.41, 5.74) is 3.66. The van der Waals surface area contributed by atoms with Crippen LogP contribution in [-0.4, -0.2) is 39.2 Å². The highest BCUT2D eigenvalue weighted by Gasteiger charge is 2.42. The summed E-state index contributed by atoms with van der Waals surface area (Å²) in [7, 11) is -0.651. The topological polar surface area (TPSA) is 65.0 Å². The highest BCUT2D eigenvalue weighted by molar-refractivity contribution is 6.74. The van der Waals surface area contributed by atoms with Crippen LogP contribution in [0.15, 0.2) is 12.2 Å². The SMILES string of the molecule is C=C(C)C(O)Cc1c(OC)c(C)c2c(c1O[Si](C)(C)C(C)(C)C)C(=O)OCC2. The molecule has 1 N–H and O–H groups in total. The number of esters is 1. The number of carbonyl (C=O) groups is 1. The molecular formula is C22H34O5Si. The third kappa shape index (κ3) is 4.13. The number of ether oxygens (including phenoxy) is 2. The average molecular weight is 407 g/mol. The van der Waals surface area contributed by atoms with Gasteiger partial charge in [0.05, 0.1) is 19.8 Å². The van der Waals surface area contributed by atoms with E-state index in [-0.39, 0.29) is 17.4 Å². The number of fused-ring (bicyclic) bond motifs is 1. The molecule has 1 aliphatic heterocycles. The molecule has 5 nitrogen and oxygen atoms in total. The Morgan fingerprint density at radius 2 is 1.93 bits per heavy atom. The van der Waals surface area contributed by atoms with Crippen LogP contribution in [-0.2, 0) is 17.6 Å². The zero-order valence-electron chi connectivity index (χ0n) is 18.5. The van der Waals surface area contributed by atoms with E-state index in [1.54, 1.807) is 14.0 Å². The Bertz CT molecular complexity index is 789. The summed E-state index contributed by atoms with van der Waals surface area (Å²) in [6.45, 7) is 18.7. The van der Waals surface area contributed by atoms with Gasteiger partial charge in [-0.3, -0.25) is 0 Å². The first-order valence-corrected chi connectivity index (χ1v) is 12.6. The fourth-order valence-electron chi connectivity index (χ4n) is 3.14. The van der Waals surface area contributed by atoms with E-state index in [4.69, 9.17) is 13.9 Å². The summed E-state index contributed by atoms with van der Waals surface area (Å²) in [5.74, 6) is 0.809. The lowest BCUT2D eigenvalue weighted by molar-refractivity contribution is 0.0476. The van der Waals surface area contributed by atoms with Gasteiger partial charge in [-0.2, -0.15) is 0 Å². The summed E-state index contributed by atoms with van der Waals surface area (Å²) in [4.78, 5) is 12.8. The van der Waals surface area contributed by atoms with Crippen LogP contribution < -0.4 is 9.16 Å². The molecule has 0 saturated carbocycles. The molecule has 0 bridgehead atoms. The lowest BCUT2D eigenvalue weighted by Gasteiger charge is -2.39. The van der Waals surface area contributed by atoms with Crippen molar-refractivity contribution in [3.63, 3.8) is 0 Å². The number of methoxy groups -OCH3 is 1. The van der Waals surface area contributed by atoms with Gasteiger partial charge >= 0.3 is 5.97 Å². The number of rotatable bonds is 6. The first-order valence-electron chi connectivity index (χ1n) is 9.73. The van der Waals surface area contributed by atoms with Gasteiger partial charge < -0.3 is 19.0 Å². The van der Waals surface area contributed by atoms with Gasteiger partial charge in [0.15, 0.2) is 0 Å². The van der Waals surface area contributed by atoms with Crippen molar-refractivity contribution in [3.05, 3.63) is 34.4 Å². The van der Waals surface area contributed by atoms with Gasteiger partial charge in [-0.25, -0.2) is 4.79 Å². The summed E-state index contributed by atoms with van der Waals surface area (Å²) in [6.07, 6.45) is 0.136. The summed E-state index contributed by atoms with van der Waals surface area (Å²) in [5, 5.41) is 10.5. The minimum atomic E-state index is -2.26. The Morgan fingerprint density at radius 1 is 1.32 bits per heavy atom. The quantitative estimate of drug-likeness (QED) is 0.425. The van der Waals surface area contributed by atoms with Crippen LogP contribution in [0.2, 0.25) is 18.1 Å². The minimum absolute atomic E-state index is 0.0547. The second kappa shape index (κ2) is 7.91. The van der Waals surface area contributed by atoms with Crippen molar-refractivity contribution in [2.75, 3.05) is 13.7 Å². The molecule has 0 saturated heterocycles.